The molecule has 0 bridgehead atoms. The van der Waals surface area contributed by atoms with Crippen LogP contribution in [0.3, 0.4) is 0 Å². The molecule has 0 spiro atoms. The van der Waals surface area contributed by atoms with Crippen LogP contribution in [-0.4, -0.2) is 41.3 Å². The molecule has 1 saturated heterocycles. The second kappa shape index (κ2) is 7.74. The Morgan fingerprint density at radius 2 is 2.16 bits per heavy atom. The van der Waals surface area contributed by atoms with E-state index in [1.165, 1.54) is 12.1 Å². The molecule has 1 aromatic heterocycles. The molecule has 2 N–H and O–H groups in total. The summed E-state index contributed by atoms with van der Waals surface area (Å²) in [6, 6.07) is 8.24. The molecule has 0 aliphatic carbocycles. The Bertz CT molecular complexity index is 1140. The van der Waals surface area contributed by atoms with Crippen LogP contribution in [0.25, 0.3) is 11.1 Å². The van der Waals surface area contributed by atoms with E-state index in [0.29, 0.717) is 22.6 Å². The van der Waals surface area contributed by atoms with Crippen LogP contribution in [0.4, 0.5) is 15.9 Å². The van der Waals surface area contributed by atoms with Gasteiger partial charge in [0.2, 0.25) is 0 Å². The topological polar surface area (TPSA) is 74.7 Å². The molecule has 2 aromatic rings. The average molecular weight is 435 g/mol. The summed E-state index contributed by atoms with van der Waals surface area (Å²) in [5, 5.41) is 12.3. The van der Waals surface area contributed by atoms with Crippen LogP contribution < -0.4 is 10.2 Å². The number of aromatic nitrogens is 1. The van der Waals surface area contributed by atoms with Gasteiger partial charge in [-0.1, -0.05) is 0 Å². The van der Waals surface area contributed by atoms with E-state index in [1.54, 1.807) is 6.07 Å². The number of aliphatic hydroxyl groups excluding tert-OH is 1. The number of ether oxygens (including phenoxy) is 1. The average Bonchev–Trinajstić information content (AvgIpc) is 3.28. The Labute approximate surface area is 186 Å². The smallest absolute Gasteiger partial charge is 0.260 e. The fourth-order valence-electron chi connectivity index (χ4n) is 4.76. The molecule has 1 atom stereocenters. The van der Waals surface area contributed by atoms with Crippen LogP contribution in [0.15, 0.2) is 48.4 Å². The minimum absolute atomic E-state index is 0.199. The molecule has 3 aliphatic heterocycles. The van der Waals surface area contributed by atoms with Gasteiger partial charge in [-0.3, -0.25) is 4.79 Å². The Balaban J connectivity index is 1.48. The molecular weight excluding hydrogens is 409 g/mol. The van der Waals surface area contributed by atoms with E-state index < -0.39 is 11.4 Å². The number of nitrogens with zero attached hydrogens (tertiary/aromatic N) is 2. The summed E-state index contributed by atoms with van der Waals surface area (Å²) in [6.45, 7) is 5.82. The van der Waals surface area contributed by atoms with Gasteiger partial charge in [0.15, 0.2) is 0 Å². The molecule has 1 aromatic carbocycles. The van der Waals surface area contributed by atoms with Gasteiger partial charge in [-0.15, -0.1) is 0 Å². The maximum atomic E-state index is 13.8. The van der Waals surface area contributed by atoms with Crippen molar-refractivity contribution in [1.82, 2.24) is 4.98 Å². The highest BCUT2D eigenvalue weighted by Crippen LogP contribution is 2.44. The van der Waals surface area contributed by atoms with E-state index in [1.807, 2.05) is 38.3 Å². The number of aliphatic hydroxyl groups is 1. The number of allylic oxidation sites excluding steroid dienone is 1. The molecule has 4 heterocycles. The maximum Gasteiger partial charge on any atom is 0.260 e. The van der Waals surface area contributed by atoms with E-state index in [0.717, 1.165) is 42.9 Å². The monoisotopic (exact) mass is 435 g/mol. The number of nitrogens with one attached hydrogen (secondary N) is 1. The van der Waals surface area contributed by atoms with Crippen molar-refractivity contribution in [2.75, 3.05) is 29.9 Å². The van der Waals surface area contributed by atoms with Crippen LogP contribution >= 0.6 is 0 Å². The van der Waals surface area contributed by atoms with Crippen molar-refractivity contribution in [3.8, 4) is 0 Å². The number of piperidine rings is 1. The van der Waals surface area contributed by atoms with Gasteiger partial charge in [-0.05, 0) is 69.0 Å². The highest BCUT2D eigenvalue weighted by atomic mass is 19.1. The SMILES string of the molecule is CC1(C)O/C(=C2/C(=O)Nc3ccc(F)cc32)C=C1c1ccc(N2CCCC(CO)C2)nc1. The Morgan fingerprint density at radius 3 is 2.91 bits per heavy atom. The van der Waals surface area contributed by atoms with Crippen molar-refractivity contribution < 1.29 is 19.0 Å². The number of benzene rings is 1. The highest BCUT2D eigenvalue weighted by Gasteiger charge is 2.38. The first-order valence-electron chi connectivity index (χ1n) is 10.9. The van der Waals surface area contributed by atoms with Gasteiger partial charge in [0.1, 0.15) is 23.0 Å². The van der Waals surface area contributed by atoms with Gasteiger partial charge in [0.25, 0.3) is 5.91 Å². The van der Waals surface area contributed by atoms with Crippen LogP contribution in [-0.2, 0) is 9.53 Å². The number of carbonyl (C=O) groups is 1. The van der Waals surface area contributed by atoms with Crippen molar-refractivity contribution in [2.45, 2.75) is 32.3 Å². The van der Waals surface area contributed by atoms with Gasteiger partial charge < -0.3 is 20.1 Å². The number of carbonyl (C=O) groups excluding carboxylic acids is 1. The molecular formula is C25H26FN3O3. The van der Waals surface area contributed by atoms with Gasteiger partial charge in [0.05, 0.1) is 5.57 Å². The molecule has 7 heteroatoms. The molecule has 166 valence electrons. The number of amides is 1. The summed E-state index contributed by atoms with van der Waals surface area (Å²) >= 11 is 0. The van der Waals surface area contributed by atoms with Crippen molar-refractivity contribution in [3.63, 3.8) is 0 Å². The fraction of sp³-hybridized carbons (Fsp3) is 0.360. The molecule has 6 nitrogen and oxygen atoms in total. The van der Waals surface area contributed by atoms with Crippen molar-refractivity contribution in [3.05, 3.63) is 65.3 Å². The summed E-state index contributed by atoms with van der Waals surface area (Å²) in [7, 11) is 0. The molecule has 1 unspecified atom stereocenters. The minimum atomic E-state index is -0.672. The Morgan fingerprint density at radius 1 is 1.31 bits per heavy atom. The van der Waals surface area contributed by atoms with Gasteiger partial charge in [0, 0.05) is 48.3 Å². The predicted molar refractivity (Wildman–Crippen MR) is 121 cm³/mol. The molecule has 3 aliphatic rings. The number of rotatable bonds is 3. The van der Waals surface area contributed by atoms with E-state index in [-0.39, 0.29) is 18.4 Å². The summed E-state index contributed by atoms with van der Waals surface area (Å²) in [5.74, 6) is 0.904. The van der Waals surface area contributed by atoms with Crippen LogP contribution in [0.2, 0.25) is 0 Å². The van der Waals surface area contributed by atoms with Crippen molar-refractivity contribution in [2.24, 2.45) is 5.92 Å². The Kier molecular flexibility index (Phi) is 5.01. The molecule has 0 radical (unpaired) electrons. The van der Waals surface area contributed by atoms with Crippen molar-refractivity contribution >= 4 is 28.6 Å². The zero-order valence-electron chi connectivity index (χ0n) is 18.2. The third-order valence-electron chi connectivity index (χ3n) is 6.42. The van der Waals surface area contributed by atoms with Gasteiger partial charge in [-0.25, -0.2) is 9.37 Å². The lowest BCUT2D eigenvalue weighted by Crippen LogP contribution is -2.37. The summed E-state index contributed by atoms with van der Waals surface area (Å²) < 4.78 is 20.0. The lowest BCUT2D eigenvalue weighted by atomic mass is 9.93. The first kappa shape index (κ1) is 20.7. The molecule has 5 rings (SSSR count). The molecule has 1 fully saturated rings. The number of anilines is 2. The quantitative estimate of drug-likeness (QED) is 0.714. The molecule has 1 amide bonds. The number of pyridine rings is 1. The number of halogens is 1. The van der Waals surface area contributed by atoms with E-state index >= 15 is 0 Å². The third kappa shape index (κ3) is 3.56. The Hall–Kier alpha value is -3.19. The number of hydrogen-bond donors (Lipinski definition) is 2. The van der Waals surface area contributed by atoms with Crippen LogP contribution in [0.1, 0.15) is 37.8 Å². The lowest BCUT2D eigenvalue weighted by molar-refractivity contribution is -0.111. The van der Waals surface area contributed by atoms with E-state index in [9.17, 15) is 14.3 Å². The second-order valence-electron chi connectivity index (χ2n) is 9.10. The van der Waals surface area contributed by atoms with Crippen LogP contribution in [0, 0.1) is 11.7 Å². The predicted octanol–water partition coefficient (Wildman–Crippen LogP) is 3.99. The zero-order chi connectivity index (χ0) is 22.5. The maximum absolute atomic E-state index is 13.8. The van der Waals surface area contributed by atoms with Gasteiger partial charge >= 0.3 is 0 Å². The summed E-state index contributed by atoms with van der Waals surface area (Å²) in [5.41, 5.74) is 2.57. The van der Waals surface area contributed by atoms with E-state index in [4.69, 9.17) is 4.74 Å². The largest absolute Gasteiger partial charge is 0.482 e. The standard InChI is InChI=1S/C25H26FN3O3/c1-25(2)19(16-5-8-22(27-12-16)29-9-3-4-15(13-29)14-30)11-21(32-25)23-18-10-17(26)6-7-20(18)28-24(23)31/h5-8,10-12,15,30H,3-4,9,13-14H2,1-2H3,(H,28,31)/b23-21+. The fourth-order valence-corrected chi connectivity index (χ4v) is 4.76. The normalized spacial score (nSPS) is 24.1. The van der Waals surface area contributed by atoms with Crippen molar-refractivity contribution in [1.29, 1.82) is 0 Å². The molecule has 0 saturated carbocycles. The lowest BCUT2D eigenvalue weighted by Gasteiger charge is -2.32. The number of hydrogen-bond acceptors (Lipinski definition) is 5. The minimum Gasteiger partial charge on any atom is -0.482 e. The first-order valence-corrected chi connectivity index (χ1v) is 10.9. The second-order valence-corrected chi connectivity index (χ2v) is 9.10. The molecule has 32 heavy (non-hydrogen) atoms. The third-order valence-corrected chi connectivity index (χ3v) is 6.42. The first-order chi connectivity index (χ1) is 15.4. The summed E-state index contributed by atoms with van der Waals surface area (Å²) in [6.07, 6.45) is 5.77. The zero-order valence-corrected chi connectivity index (χ0v) is 18.2. The summed E-state index contributed by atoms with van der Waals surface area (Å²) in [4.78, 5) is 19.5. The van der Waals surface area contributed by atoms with Crippen LogP contribution in [0.5, 0.6) is 0 Å². The van der Waals surface area contributed by atoms with Gasteiger partial charge in [-0.2, -0.15) is 0 Å². The highest BCUT2D eigenvalue weighted by molar-refractivity contribution is 6.32. The van der Waals surface area contributed by atoms with E-state index in [2.05, 4.69) is 15.2 Å². The number of fused-ring (bicyclic) bond motifs is 1.